The molecule has 4 amide bonds. The van der Waals surface area contributed by atoms with Crippen LogP contribution in [0.5, 0.6) is 0 Å². The lowest BCUT2D eigenvalue weighted by Crippen LogP contribution is -2.76. The van der Waals surface area contributed by atoms with Crippen molar-refractivity contribution in [2.45, 2.75) is 71.6 Å². The van der Waals surface area contributed by atoms with Crippen molar-refractivity contribution in [3.05, 3.63) is 11.1 Å². The largest absolute Gasteiger partial charge is 0.375 e. The molecule has 0 saturated carbocycles. The van der Waals surface area contributed by atoms with Crippen LogP contribution < -0.4 is 16.4 Å². The van der Waals surface area contributed by atoms with E-state index in [1.807, 2.05) is 32.6 Å². The first-order valence-electron chi connectivity index (χ1n) is 13.7. The second-order valence-electron chi connectivity index (χ2n) is 11.5. The van der Waals surface area contributed by atoms with Gasteiger partial charge in [0, 0.05) is 18.3 Å². The van der Waals surface area contributed by atoms with Gasteiger partial charge in [0.1, 0.15) is 23.9 Å². The topological polar surface area (TPSA) is 141 Å². The Morgan fingerprint density at radius 1 is 1.13 bits per heavy atom. The lowest BCUT2D eigenvalue weighted by molar-refractivity contribution is -0.178. The Morgan fingerprint density at radius 2 is 1.84 bits per heavy atom. The van der Waals surface area contributed by atoms with Gasteiger partial charge in [-0.05, 0) is 50.1 Å². The van der Waals surface area contributed by atoms with Gasteiger partial charge in [0.05, 0.1) is 13.1 Å². The van der Waals surface area contributed by atoms with Crippen LogP contribution in [0.1, 0.15) is 63.9 Å². The Kier molecular flexibility index (Phi) is 8.92. The van der Waals surface area contributed by atoms with Crippen molar-refractivity contribution >= 4 is 40.1 Å². The maximum Gasteiger partial charge on any atom is 0.271 e. The number of rotatable bonds is 8. The maximum atomic E-state index is 13.9. The highest BCUT2D eigenvalue weighted by Gasteiger charge is 2.52. The SMILES string of the molecule is CC(C)CC(=O)N1C[C@@H](NC(=O)c2csc(N)n2)C(=O)N2C1CN(CC1CCNCC1)C(=O)[C@H]2CC(C)C. The summed E-state index contributed by atoms with van der Waals surface area (Å²) in [5, 5.41) is 7.93. The van der Waals surface area contributed by atoms with Crippen molar-refractivity contribution in [1.29, 1.82) is 0 Å². The summed E-state index contributed by atoms with van der Waals surface area (Å²) in [6.07, 6.45) is 2.24. The maximum absolute atomic E-state index is 13.9. The zero-order valence-electron chi connectivity index (χ0n) is 22.8. The molecule has 3 aliphatic rings. The number of hydrogen-bond acceptors (Lipinski definition) is 8. The smallest absolute Gasteiger partial charge is 0.271 e. The number of piperidine rings is 1. The van der Waals surface area contributed by atoms with E-state index in [4.69, 9.17) is 5.73 Å². The first kappa shape index (κ1) is 28.3. The average Bonchev–Trinajstić information content (AvgIpc) is 3.29. The van der Waals surface area contributed by atoms with Gasteiger partial charge in [0.25, 0.3) is 5.91 Å². The molecular weight excluding hydrogens is 506 g/mol. The van der Waals surface area contributed by atoms with Gasteiger partial charge in [-0.2, -0.15) is 0 Å². The minimum absolute atomic E-state index is 0.0562. The molecule has 0 aromatic carbocycles. The molecule has 38 heavy (non-hydrogen) atoms. The molecule has 210 valence electrons. The number of amides is 4. The summed E-state index contributed by atoms with van der Waals surface area (Å²) in [5.41, 5.74) is 5.81. The Morgan fingerprint density at radius 3 is 2.45 bits per heavy atom. The summed E-state index contributed by atoms with van der Waals surface area (Å²) in [6, 6.07) is -1.66. The zero-order valence-corrected chi connectivity index (χ0v) is 23.6. The fourth-order valence-corrected chi connectivity index (χ4v) is 6.25. The van der Waals surface area contributed by atoms with Crippen LogP contribution in [0.25, 0.3) is 0 Å². The second-order valence-corrected chi connectivity index (χ2v) is 12.4. The van der Waals surface area contributed by atoms with Crippen LogP contribution in [0.15, 0.2) is 5.38 Å². The Labute approximate surface area is 228 Å². The summed E-state index contributed by atoms with van der Waals surface area (Å²) >= 11 is 1.14. The van der Waals surface area contributed by atoms with Crippen LogP contribution in [-0.2, 0) is 14.4 Å². The highest BCUT2D eigenvalue weighted by Crippen LogP contribution is 2.31. The molecule has 1 unspecified atom stereocenters. The molecule has 0 spiro atoms. The van der Waals surface area contributed by atoms with Gasteiger partial charge < -0.3 is 31.1 Å². The van der Waals surface area contributed by atoms with Crippen LogP contribution in [0.2, 0.25) is 0 Å². The van der Waals surface area contributed by atoms with E-state index in [2.05, 4.69) is 15.6 Å². The Bertz CT molecular complexity index is 1040. The van der Waals surface area contributed by atoms with Gasteiger partial charge >= 0.3 is 0 Å². The molecule has 1 aromatic rings. The van der Waals surface area contributed by atoms with E-state index in [1.165, 1.54) is 5.38 Å². The number of carbonyl (C=O) groups excluding carboxylic acids is 4. The van der Waals surface area contributed by atoms with Gasteiger partial charge in [0.2, 0.25) is 17.7 Å². The van der Waals surface area contributed by atoms with E-state index < -0.39 is 24.2 Å². The molecule has 0 aliphatic carbocycles. The molecule has 4 heterocycles. The van der Waals surface area contributed by atoms with Crippen molar-refractivity contribution in [1.82, 2.24) is 30.3 Å². The molecule has 3 aliphatic heterocycles. The molecule has 0 radical (unpaired) electrons. The third kappa shape index (κ3) is 6.28. The number of nitrogens with two attached hydrogens (primary N) is 1. The number of nitrogen functional groups attached to an aromatic ring is 1. The fraction of sp³-hybridized carbons (Fsp3) is 0.731. The quantitative estimate of drug-likeness (QED) is 0.443. The Balaban J connectivity index is 1.64. The zero-order chi connectivity index (χ0) is 27.6. The van der Waals surface area contributed by atoms with Gasteiger partial charge in [-0.3, -0.25) is 19.2 Å². The van der Waals surface area contributed by atoms with E-state index in [0.29, 0.717) is 25.3 Å². The molecule has 3 fully saturated rings. The third-order valence-corrected chi connectivity index (χ3v) is 8.20. The van der Waals surface area contributed by atoms with E-state index in [0.717, 1.165) is 37.3 Å². The minimum Gasteiger partial charge on any atom is -0.375 e. The molecule has 4 rings (SSSR count). The molecule has 3 atom stereocenters. The molecule has 4 N–H and O–H groups in total. The second kappa shape index (κ2) is 12.0. The summed E-state index contributed by atoms with van der Waals surface area (Å²) in [6.45, 7) is 10.8. The molecular formula is C26H41N7O4S. The number of nitrogens with one attached hydrogen (secondary N) is 2. The van der Waals surface area contributed by atoms with Crippen molar-refractivity contribution in [3.8, 4) is 0 Å². The first-order chi connectivity index (χ1) is 18.0. The number of carbonyl (C=O) groups is 4. The highest BCUT2D eigenvalue weighted by atomic mass is 32.1. The predicted molar refractivity (Wildman–Crippen MR) is 145 cm³/mol. The van der Waals surface area contributed by atoms with Crippen LogP contribution in [0.3, 0.4) is 0 Å². The van der Waals surface area contributed by atoms with Gasteiger partial charge in [-0.25, -0.2) is 4.98 Å². The number of anilines is 1. The minimum atomic E-state index is -0.976. The molecule has 3 saturated heterocycles. The normalized spacial score (nSPS) is 24.8. The van der Waals surface area contributed by atoms with E-state index in [-0.39, 0.29) is 53.5 Å². The van der Waals surface area contributed by atoms with Crippen molar-refractivity contribution in [2.75, 3.05) is 38.5 Å². The lowest BCUT2D eigenvalue weighted by atomic mass is 9.92. The summed E-state index contributed by atoms with van der Waals surface area (Å²) in [5.74, 6) is -0.339. The van der Waals surface area contributed by atoms with Crippen LogP contribution >= 0.6 is 11.3 Å². The van der Waals surface area contributed by atoms with Gasteiger partial charge in [-0.15, -0.1) is 11.3 Å². The van der Waals surface area contributed by atoms with Gasteiger partial charge in [-0.1, -0.05) is 27.7 Å². The van der Waals surface area contributed by atoms with Gasteiger partial charge in [0.15, 0.2) is 5.13 Å². The Hall–Kier alpha value is -2.73. The number of thiazole rings is 1. The van der Waals surface area contributed by atoms with Crippen LogP contribution in [0.4, 0.5) is 5.13 Å². The van der Waals surface area contributed by atoms with Crippen molar-refractivity contribution < 1.29 is 19.2 Å². The summed E-state index contributed by atoms with van der Waals surface area (Å²) < 4.78 is 0. The number of aromatic nitrogens is 1. The molecule has 11 nitrogen and oxygen atoms in total. The number of hydrogen-bond donors (Lipinski definition) is 3. The predicted octanol–water partition coefficient (Wildman–Crippen LogP) is 1.12. The summed E-state index contributed by atoms with van der Waals surface area (Å²) in [4.78, 5) is 63.4. The molecule has 1 aromatic heterocycles. The number of fused-ring (bicyclic) bond motifs is 1. The molecule has 0 bridgehead atoms. The number of piperazine rings is 1. The first-order valence-corrected chi connectivity index (χ1v) is 14.6. The summed E-state index contributed by atoms with van der Waals surface area (Å²) in [7, 11) is 0. The van der Waals surface area contributed by atoms with E-state index >= 15 is 0 Å². The lowest BCUT2D eigenvalue weighted by Gasteiger charge is -2.54. The van der Waals surface area contributed by atoms with Crippen molar-refractivity contribution in [3.63, 3.8) is 0 Å². The van der Waals surface area contributed by atoms with E-state index in [9.17, 15) is 19.2 Å². The number of nitrogens with zero attached hydrogens (tertiary/aromatic N) is 4. The van der Waals surface area contributed by atoms with Crippen molar-refractivity contribution in [2.24, 2.45) is 17.8 Å². The van der Waals surface area contributed by atoms with Crippen LogP contribution in [0, 0.1) is 17.8 Å². The average molecular weight is 548 g/mol. The van der Waals surface area contributed by atoms with E-state index in [1.54, 1.807) is 9.80 Å². The third-order valence-electron chi connectivity index (χ3n) is 7.52. The molecule has 12 heteroatoms. The monoisotopic (exact) mass is 547 g/mol. The highest BCUT2D eigenvalue weighted by molar-refractivity contribution is 7.13. The fourth-order valence-electron chi connectivity index (χ4n) is 5.71. The van der Waals surface area contributed by atoms with Crippen LogP contribution in [-0.4, -0.2) is 94.3 Å². The standard InChI is InChI=1S/C26H41N7O4S/c1-15(2)9-20-25(37)31(11-17-5-7-28-8-6-17)13-21-32(22(34)10-16(3)4)12-18(24(36)33(20)21)29-23(35)19-14-38-26(27)30-19/h14-18,20-21,28H,5-13H2,1-4H3,(H2,27,30)(H,29,35)/t18-,20-,21?/m1/s1.